The number of rotatable bonds is 4. The van der Waals surface area contributed by atoms with Crippen LogP contribution in [-0.2, 0) is 0 Å². The molecule has 0 bridgehead atoms. The van der Waals surface area contributed by atoms with Gasteiger partial charge in [-0.25, -0.2) is 0 Å². The first-order valence-corrected chi connectivity index (χ1v) is 4.38. The molecule has 0 atom stereocenters. The molecule has 5 heteroatoms. The summed E-state index contributed by atoms with van der Waals surface area (Å²) >= 11 is 0. The summed E-state index contributed by atoms with van der Waals surface area (Å²) in [6.45, 7) is 0.139. The van der Waals surface area contributed by atoms with Gasteiger partial charge in [0.2, 0.25) is 5.75 Å². The van der Waals surface area contributed by atoms with E-state index >= 15 is 0 Å². The predicted octanol–water partition coefficient (Wildman–Crippen LogP) is 0.509. The molecule has 1 rings (SSSR count). The van der Waals surface area contributed by atoms with E-state index in [0.29, 0.717) is 0 Å². The number of methoxy groups -OCH3 is 1. The molecule has 5 nitrogen and oxygen atoms in total. The highest BCUT2D eigenvalue weighted by atomic mass is 16.5. The van der Waals surface area contributed by atoms with E-state index < -0.39 is 5.75 Å². The van der Waals surface area contributed by atoms with Crippen LogP contribution in [0.15, 0.2) is 12.1 Å². The summed E-state index contributed by atoms with van der Waals surface area (Å²) in [5.41, 5.74) is 0.238. The fourth-order valence-electron chi connectivity index (χ4n) is 1.24. The van der Waals surface area contributed by atoms with Gasteiger partial charge in [-0.3, -0.25) is 4.79 Å². The number of phenolic OH excluding ortho intramolecular Hbond substituents is 2. The van der Waals surface area contributed by atoms with Crippen LogP contribution in [0.25, 0.3) is 0 Å². The Morgan fingerprint density at radius 1 is 1.47 bits per heavy atom. The third-order valence-electron chi connectivity index (χ3n) is 1.95. The zero-order valence-corrected chi connectivity index (χ0v) is 8.57. The number of ether oxygens (including phenoxy) is 1. The second-order valence-electron chi connectivity index (χ2n) is 2.97. The Morgan fingerprint density at radius 2 is 2.13 bits per heavy atom. The summed E-state index contributed by atoms with van der Waals surface area (Å²) in [7, 11) is 2.97. The Bertz CT molecular complexity index is 376. The number of aromatic hydroxyl groups is 2. The number of nitrogens with one attached hydrogen (secondary N) is 1. The number of Topliss-reactive ketones (excluding diaryl/α,β-unsaturated/α-hetero) is 1. The number of benzene rings is 1. The minimum Gasteiger partial charge on any atom is -0.504 e. The van der Waals surface area contributed by atoms with E-state index in [1.807, 2.05) is 0 Å². The average molecular weight is 211 g/mol. The molecular weight excluding hydrogens is 198 g/mol. The summed E-state index contributed by atoms with van der Waals surface area (Å²) in [6, 6.07) is 2.66. The van der Waals surface area contributed by atoms with Crippen molar-refractivity contribution < 1.29 is 19.7 Å². The molecule has 3 N–H and O–H groups in total. The van der Waals surface area contributed by atoms with Gasteiger partial charge in [-0.05, 0) is 19.2 Å². The van der Waals surface area contributed by atoms with Crippen LogP contribution in [0.5, 0.6) is 17.2 Å². The Labute approximate surface area is 87.3 Å². The smallest absolute Gasteiger partial charge is 0.201 e. The fraction of sp³-hybridized carbons (Fsp3) is 0.300. The Kier molecular flexibility index (Phi) is 3.51. The molecule has 0 amide bonds. The van der Waals surface area contributed by atoms with Crippen LogP contribution < -0.4 is 10.1 Å². The molecule has 82 valence electrons. The van der Waals surface area contributed by atoms with Gasteiger partial charge in [0, 0.05) is 0 Å². The van der Waals surface area contributed by atoms with Crippen molar-refractivity contribution in [3.63, 3.8) is 0 Å². The van der Waals surface area contributed by atoms with Gasteiger partial charge in [0.15, 0.2) is 17.3 Å². The largest absolute Gasteiger partial charge is 0.504 e. The first-order chi connectivity index (χ1) is 7.11. The Morgan fingerprint density at radius 3 is 2.67 bits per heavy atom. The number of ketones is 1. The Hall–Kier alpha value is -1.75. The van der Waals surface area contributed by atoms with Crippen molar-refractivity contribution in [1.82, 2.24) is 5.32 Å². The predicted molar refractivity (Wildman–Crippen MR) is 54.6 cm³/mol. The van der Waals surface area contributed by atoms with Crippen molar-refractivity contribution in [2.45, 2.75) is 0 Å². The molecular formula is C10H13NO4. The maximum atomic E-state index is 11.6. The number of hydrogen-bond acceptors (Lipinski definition) is 5. The topological polar surface area (TPSA) is 78.8 Å². The molecule has 0 radical (unpaired) electrons. The van der Waals surface area contributed by atoms with Crippen LogP contribution in [0.4, 0.5) is 0 Å². The van der Waals surface area contributed by atoms with Crippen LogP contribution in [0.3, 0.4) is 0 Å². The summed E-state index contributed by atoms with van der Waals surface area (Å²) in [5, 5.41) is 21.4. The quantitative estimate of drug-likeness (QED) is 0.499. The fourth-order valence-corrected chi connectivity index (χ4v) is 1.24. The normalized spacial score (nSPS) is 10.0. The van der Waals surface area contributed by atoms with E-state index in [1.165, 1.54) is 19.2 Å². The van der Waals surface area contributed by atoms with Gasteiger partial charge < -0.3 is 20.3 Å². The monoisotopic (exact) mass is 211 g/mol. The first-order valence-electron chi connectivity index (χ1n) is 4.38. The molecule has 0 aliphatic carbocycles. The van der Waals surface area contributed by atoms with E-state index in [2.05, 4.69) is 5.32 Å². The van der Waals surface area contributed by atoms with Gasteiger partial charge in [-0.1, -0.05) is 0 Å². The van der Waals surface area contributed by atoms with Gasteiger partial charge >= 0.3 is 0 Å². The highest BCUT2D eigenvalue weighted by Gasteiger charge is 2.17. The molecule has 0 saturated carbocycles. The maximum Gasteiger partial charge on any atom is 0.201 e. The summed E-state index contributed by atoms with van der Waals surface area (Å²) in [4.78, 5) is 11.6. The zero-order valence-electron chi connectivity index (χ0n) is 8.57. The van der Waals surface area contributed by atoms with Crippen LogP contribution in [-0.4, -0.2) is 36.7 Å². The lowest BCUT2D eigenvalue weighted by atomic mass is 10.1. The van der Waals surface area contributed by atoms with Crippen LogP contribution in [0.2, 0.25) is 0 Å². The molecule has 0 aliphatic rings. The highest BCUT2D eigenvalue weighted by Crippen LogP contribution is 2.37. The zero-order chi connectivity index (χ0) is 11.4. The third kappa shape index (κ3) is 2.19. The second-order valence-corrected chi connectivity index (χ2v) is 2.97. The third-order valence-corrected chi connectivity index (χ3v) is 1.95. The Balaban J connectivity index is 3.18. The van der Waals surface area contributed by atoms with Crippen LogP contribution >= 0.6 is 0 Å². The lowest BCUT2D eigenvalue weighted by Crippen LogP contribution is -2.19. The second kappa shape index (κ2) is 4.65. The van der Waals surface area contributed by atoms with E-state index in [0.717, 1.165) is 0 Å². The lowest BCUT2D eigenvalue weighted by Gasteiger charge is -2.10. The molecule has 1 aromatic carbocycles. The molecule has 0 aliphatic heterocycles. The highest BCUT2D eigenvalue weighted by molar-refractivity contribution is 6.01. The summed E-state index contributed by atoms with van der Waals surface area (Å²) < 4.78 is 4.87. The minimum absolute atomic E-state index is 0.00440. The lowest BCUT2D eigenvalue weighted by molar-refractivity contribution is 0.0990. The van der Waals surface area contributed by atoms with Gasteiger partial charge in [0.05, 0.1) is 19.2 Å². The van der Waals surface area contributed by atoms with Crippen molar-refractivity contribution in [2.24, 2.45) is 0 Å². The van der Waals surface area contributed by atoms with Crippen molar-refractivity contribution in [2.75, 3.05) is 20.7 Å². The van der Waals surface area contributed by atoms with E-state index in [4.69, 9.17) is 4.74 Å². The van der Waals surface area contributed by atoms with Gasteiger partial charge in [0.25, 0.3) is 0 Å². The van der Waals surface area contributed by atoms with E-state index in [-0.39, 0.29) is 29.4 Å². The number of hydrogen-bond donors (Lipinski definition) is 3. The van der Waals surface area contributed by atoms with E-state index in [9.17, 15) is 15.0 Å². The van der Waals surface area contributed by atoms with Crippen LogP contribution in [0.1, 0.15) is 10.4 Å². The number of likely N-dealkylation sites (N-methyl/N-ethyl adjacent to an activating group) is 1. The van der Waals surface area contributed by atoms with Gasteiger partial charge in [0.1, 0.15) is 0 Å². The average Bonchev–Trinajstić information content (AvgIpc) is 2.22. The van der Waals surface area contributed by atoms with Crippen LogP contribution in [0, 0.1) is 0 Å². The van der Waals surface area contributed by atoms with E-state index in [1.54, 1.807) is 7.05 Å². The molecule has 0 heterocycles. The number of phenols is 2. The molecule has 0 fully saturated rings. The SMILES string of the molecule is CNCC(=O)c1ccc(O)c(O)c1OC. The van der Waals surface area contributed by atoms with Crippen molar-refractivity contribution in [3.05, 3.63) is 17.7 Å². The molecule has 0 unspecified atom stereocenters. The van der Waals surface area contributed by atoms with Crippen molar-refractivity contribution in [1.29, 1.82) is 0 Å². The summed E-state index contributed by atoms with van der Waals surface area (Å²) in [5.74, 6) is -0.952. The van der Waals surface area contributed by atoms with Crippen molar-refractivity contribution in [3.8, 4) is 17.2 Å². The first kappa shape index (κ1) is 11.3. The molecule has 1 aromatic rings. The number of carbonyl (C=O) groups is 1. The molecule has 0 aromatic heterocycles. The molecule has 0 spiro atoms. The van der Waals surface area contributed by atoms with Gasteiger partial charge in [-0.2, -0.15) is 0 Å². The summed E-state index contributed by atoms with van der Waals surface area (Å²) in [6.07, 6.45) is 0. The standard InChI is InChI=1S/C10H13NO4/c1-11-5-8(13)6-3-4-7(12)9(14)10(6)15-2/h3-4,11-12,14H,5H2,1-2H3. The molecule has 0 saturated heterocycles. The van der Waals surface area contributed by atoms with Crippen molar-refractivity contribution >= 4 is 5.78 Å². The van der Waals surface area contributed by atoms with Gasteiger partial charge in [-0.15, -0.1) is 0 Å². The number of carbonyl (C=O) groups excluding carboxylic acids is 1. The minimum atomic E-state index is -0.417. The maximum absolute atomic E-state index is 11.6. The molecule has 15 heavy (non-hydrogen) atoms.